The number of benzene rings is 2. The van der Waals surface area contributed by atoms with E-state index in [9.17, 15) is 40.5 Å². The van der Waals surface area contributed by atoms with E-state index < -0.39 is 74.6 Å². The van der Waals surface area contributed by atoms with Crippen LogP contribution < -0.4 is 14.9 Å². The molecule has 2 aliphatic heterocycles. The lowest BCUT2D eigenvalue weighted by Crippen LogP contribution is -2.65. The van der Waals surface area contributed by atoms with Crippen LogP contribution in [0.1, 0.15) is 0 Å². The lowest BCUT2D eigenvalue weighted by Gasteiger charge is -2.45. The Labute approximate surface area is 238 Å². The van der Waals surface area contributed by atoms with Crippen molar-refractivity contribution in [2.24, 2.45) is 0 Å². The lowest BCUT2D eigenvalue weighted by molar-refractivity contribution is -0.352. The normalized spacial score (nSPS) is 33.4. The molecule has 4 unspecified atom stereocenters. The highest BCUT2D eigenvalue weighted by Crippen LogP contribution is 2.31. The summed E-state index contributed by atoms with van der Waals surface area (Å²) in [6.07, 6.45) is -14.6. The molecule has 0 bridgehead atoms. The molecule has 2 saturated heterocycles. The Kier molecular flexibility index (Phi) is 9.10. The van der Waals surface area contributed by atoms with E-state index in [1.54, 1.807) is 24.3 Å². The average Bonchev–Trinajstić information content (AvgIpc) is 3.00. The van der Waals surface area contributed by atoms with Gasteiger partial charge in [-0.25, -0.2) is 0 Å². The summed E-state index contributed by atoms with van der Waals surface area (Å²) in [5.74, 6) is 0.737. The fourth-order valence-corrected chi connectivity index (χ4v) is 4.93. The largest absolute Gasteiger partial charge is 0.497 e. The topological polar surface area (TPSA) is 218 Å². The van der Waals surface area contributed by atoms with Gasteiger partial charge in [-0.1, -0.05) is 12.1 Å². The predicted octanol–water partition coefficient (Wildman–Crippen LogP) is -1.53. The van der Waals surface area contributed by atoms with Crippen LogP contribution in [0.5, 0.6) is 11.5 Å². The monoisotopic (exact) mass is 592 g/mol. The van der Waals surface area contributed by atoms with Crippen molar-refractivity contribution in [3.63, 3.8) is 0 Å². The number of fused-ring (bicyclic) bond motifs is 1. The van der Waals surface area contributed by atoms with E-state index in [0.717, 1.165) is 0 Å². The minimum absolute atomic E-state index is 0.103. The molecule has 0 aliphatic carbocycles. The van der Waals surface area contributed by atoms with Gasteiger partial charge in [0.2, 0.25) is 6.29 Å². The zero-order chi connectivity index (χ0) is 30.1. The van der Waals surface area contributed by atoms with Gasteiger partial charge >= 0.3 is 0 Å². The second kappa shape index (κ2) is 12.6. The molecule has 5 rings (SSSR count). The van der Waals surface area contributed by atoms with E-state index in [-0.39, 0.29) is 22.1 Å². The molecular weight excluding hydrogens is 560 g/mol. The van der Waals surface area contributed by atoms with E-state index in [1.807, 2.05) is 0 Å². The molecule has 1 aromatic heterocycles. The third-order valence-corrected chi connectivity index (χ3v) is 7.36. The van der Waals surface area contributed by atoms with Crippen molar-refractivity contribution in [3.8, 4) is 22.6 Å². The van der Waals surface area contributed by atoms with Gasteiger partial charge in [0.1, 0.15) is 72.2 Å². The van der Waals surface area contributed by atoms with Crippen LogP contribution in [0.4, 0.5) is 0 Å². The van der Waals surface area contributed by atoms with Crippen LogP contribution in [-0.4, -0.2) is 117 Å². The van der Waals surface area contributed by atoms with Crippen molar-refractivity contribution < 1.29 is 63.8 Å². The molecule has 0 saturated carbocycles. The van der Waals surface area contributed by atoms with Crippen LogP contribution in [0.15, 0.2) is 57.9 Å². The quantitative estimate of drug-likeness (QED) is 0.158. The van der Waals surface area contributed by atoms with Crippen LogP contribution in [-0.2, 0) is 14.2 Å². The first-order valence-corrected chi connectivity index (χ1v) is 13.1. The number of hydrogen-bond acceptors (Lipinski definition) is 14. The Morgan fingerprint density at radius 3 is 2.07 bits per heavy atom. The number of hydrogen-bond donors (Lipinski definition) is 7. The van der Waals surface area contributed by atoms with Gasteiger partial charge in [-0.2, -0.15) is 0 Å². The zero-order valence-electron chi connectivity index (χ0n) is 22.3. The van der Waals surface area contributed by atoms with Gasteiger partial charge in [0.05, 0.1) is 31.3 Å². The van der Waals surface area contributed by atoms with Crippen molar-refractivity contribution >= 4 is 11.0 Å². The van der Waals surface area contributed by atoms with E-state index in [4.69, 9.17) is 28.1 Å². The highest BCUT2D eigenvalue weighted by Gasteiger charge is 2.51. The van der Waals surface area contributed by atoms with E-state index in [0.29, 0.717) is 16.9 Å². The number of rotatable bonds is 8. The summed E-state index contributed by atoms with van der Waals surface area (Å²) in [5.41, 5.74) is 0.841. The molecule has 3 heterocycles. The standard InChI is InChI=1S/C28H32O14/c1-37-13-4-2-12(3-5-13)16-11-38-17-8-14(6-7-15(17)20(16)31)39-28-25(36)26(22(33)19(10-30)41-28)42-27-24(35)23(34)21(32)18(9-29)40-27/h2-8,11,18-19,21-30,32-36H,9-10H2,1H3/t18?,19?,21-,22-,23+,24?,25?,26+,27+,28-/m1/s1. The fourth-order valence-electron chi connectivity index (χ4n) is 4.93. The summed E-state index contributed by atoms with van der Waals surface area (Å²) >= 11 is 0. The molecule has 2 fully saturated rings. The van der Waals surface area contributed by atoms with Crippen molar-refractivity contribution in [3.05, 3.63) is 59.0 Å². The summed E-state index contributed by atoms with van der Waals surface area (Å²) in [5, 5.41) is 71.5. The number of ether oxygens (including phenoxy) is 5. The van der Waals surface area contributed by atoms with Gasteiger partial charge in [0.15, 0.2) is 11.7 Å². The van der Waals surface area contributed by atoms with Crippen LogP contribution in [0.2, 0.25) is 0 Å². The van der Waals surface area contributed by atoms with Crippen molar-refractivity contribution in [2.45, 2.75) is 61.4 Å². The summed E-state index contributed by atoms with van der Waals surface area (Å²) in [6.45, 7) is -1.42. The molecule has 10 atom stereocenters. The molecule has 2 aliphatic rings. The maximum absolute atomic E-state index is 13.2. The summed E-state index contributed by atoms with van der Waals surface area (Å²) in [6, 6.07) is 11.2. The third-order valence-electron chi connectivity index (χ3n) is 7.36. The fraction of sp³-hybridized carbons (Fsp3) is 0.464. The van der Waals surface area contributed by atoms with E-state index in [2.05, 4.69) is 0 Å². The summed E-state index contributed by atoms with van der Waals surface area (Å²) in [7, 11) is 1.54. The first-order valence-electron chi connectivity index (χ1n) is 13.1. The SMILES string of the molecule is COc1ccc(-c2coc3cc(O[C@@H]4OC(CO)[C@@H](O)[C@H](O[C@@H]5OC(CO)[C@@H](O)[C@H](O)C5O)C4O)ccc3c2=O)cc1. The highest BCUT2D eigenvalue weighted by molar-refractivity contribution is 5.82. The Morgan fingerprint density at radius 1 is 0.762 bits per heavy atom. The first-order chi connectivity index (χ1) is 20.2. The lowest BCUT2D eigenvalue weighted by atomic mass is 9.97. The van der Waals surface area contributed by atoms with Gasteiger partial charge in [-0.15, -0.1) is 0 Å². The number of methoxy groups -OCH3 is 1. The van der Waals surface area contributed by atoms with Crippen LogP contribution in [0, 0.1) is 0 Å². The van der Waals surface area contributed by atoms with E-state index in [1.165, 1.54) is 31.6 Å². The summed E-state index contributed by atoms with van der Waals surface area (Å²) in [4.78, 5) is 13.2. The third kappa shape index (κ3) is 5.74. The van der Waals surface area contributed by atoms with Gasteiger partial charge in [0.25, 0.3) is 0 Å². The molecule has 2 aromatic carbocycles. The Hall–Kier alpha value is -3.15. The Bertz CT molecular complexity index is 1410. The minimum Gasteiger partial charge on any atom is -0.497 e. The van der Waals surface area contributed by atoms with Gasteiger partial charge in [0, 0.05) is 6.07 Å². The molecule has 0 amide bonds. The number of aliphatic hydroxyl groups is 7. The minimum atomic E-state index is -1.80. The second-order valence-electron chi connectivity index (χ2n) is 9.99. The number of aliphatic hydroxyl groups excluding tert-OH is 7. The molecule has 228 valence electrons. The highest BCUT2D eigenvalue weighted by atomic mass is 16.7. The predicted molar refractivity (Wildman–Crippen MR) is 142 cm³/mol. The Balaban J connectivity index is 1.36. The maximum Gasteiger partial charge on any atom is 0.229 e. The molecule has 42 heavy (non-hydrogen) atoms. The smallest absolute Gasteiger partial charge is 0.229 e. The molecule has 3 aromatic rings. The molecule has 7 N–H and O–H groups in total. The average molecular weight is 593 g/mol. The zero-order valence-corrected chi connectivity index (χ0v) is 22.3. The van der Waals surface area contributed by atoms with Crippen LogP contribution >= 0.6 is 0 Å². The van der Waals surface area contributed by atoms with Gasteiger partial charge < -0.3 is 63.8 Å². The van der Waals surface area contributed by atoms with Crippen molar-refractivity contribution in [1.29, 1.82) is 0 Å². The molecule has 0 spiro atoms. The summed E-state index contributed by atoms with van der Waals surface area (Å²) < 4.78 is 33.1. The second-order valence-corrected chi connectivity index (χ2v) is 9.99. The molecular formula is C28H32O14. The van der Waals surface area contributed by atoms with Gasteiger partial charge in [-0.05, 0) is 29.8 Å². The Morgan fingerprint density at radius 2 is 1.40 bits per heavy atom. The molecule has 14 nitrogen and oxygen atoms in total. The van der Waals surface area contributed by atoms with E-state index >= 15 is 0 Å². The van der Waals surface area contributed by atoms with Gasteiger partial charge in [-0.3, -0.25) is 4.79 Å². The molecule has 0 radical (unpaired) electrons. The van der Waals surface area contributed by atoms with Crippen molar-refractivity contribution in [1.82, 2.24) is 0 Å². The maximum atomic E-state index is 13.2. The van der Waals surface area contributed by atoms with Crippen LogP contribution in [0.25, 0.3) is 22.1 Å². The van der Waals surface area contributed by atoms with Crippen molar-refractivity contribution in [2.75, 3.05) is 20.3 Å². The first kappa shape index (κ1) is 30.3. The van der Waals surface area contributed by atoms with Crippen LogP contribution in [0.3, 0.4) is 0 Å². The molecule has 14 heteroatoms.